The predicted molar refractivity (Wildman–Crippen MR) is 105 cm³/mol. The van der Waals surface area contributed by atoms with Crippen molar-refractivity contribution in [1.82, 2.24) is 5.32 Å². The van der Waals surface area contributed by atoms with Crippen molar-refractivity contribution in [3.63, 3.8) is 0 Å². The van der Waals surface area contributed by atoms with Gasteiger partial charge < -0.3 is 15.4 Å². The predicted octanol–water partition coefficient (Wildman–Crippen LogP) is 4.96. The number of hydrogen-bond donors (Lipinski definition) is 2. The van der Waals surface area contributed by atoms with E-state index in [0.29, 0.717) is 10.1 Å². The number of rotatable bonds is 5. The highest BCUT2D eigenvalue weighted by Gasteiger charge is 2.15. The molecule has 1 saturated heterocycles. The molecule has 0 unspecified atom stereocenters. The third-order valence-corrected chi connectivity index (χ3v) is 5.24. The first-order valence-electron chi connectivity index (χ1n) is 7.89. The second kappa shape index (κ2) is 8.72. The highest BCUT2D eigenvalue weighted by Crippen LogP contribution is 2.35. The maximum absolute atomic E-state index is 6.15. The highest BCUT2D eigenvalue weighted by atomic mass is 35.5. The molecule has 3 nitrogen and oxygen atoms in total. The molecule has 126 valence electrons. The van der Waals surface area contributed by atoms with Crippen molar-refractivity contribution in [2.75, 3.05) is 18.5 Å². The van der Waals surface area contributed by atoms with Gasteiger partial charge in [-0.1, -0.05) is 41.6 Å². The zero-order chi connectivity index (χ0) is 16.8. The van der Waals surface area contributed by atoms with E-state index in [1.165, 1.54) is 4.90 Å². The van der Waals surface area contributed by atoms with E-state index < -0.39 is 0 Å². The van der Waals surface area contributed by atoms with E-state index in [-0.39, 0.29) is 6.10 Å². The van der Waals surface area contributed by atoms with Crippen LogP contribution in [-0.4, -0.2) is 24.4 Å². The van der Waals surface area contributed by atoms with Crippen LogP contribution in [0, 0.1) is 0 Å². The van der Waals surface area contributed by atoms with E-state index in [1.807, 2.05) is 36.4 Å². The van der Waals surface area contributed by atoms with E-state index in [4.69, 9.17) is 28.6 Å². The zero-order valence-corrected chi connectivity index (χ0v) is 15.5. The Hall–Kier alpha value is -1.27. The Kier molecular flexibility index (Phi) is 6.37. The van der Waals surface area contributed by atoms with Crippen LogP contribution >= 0.6 is 35.6 Å². The minimum Gasteiger partial charge on any atom is -0.376 e. The molecule has 0 amide bonds. The van der Waals surface area contributed by atoms with Gasteiger partial charge in [0.2, 0.25) is 0 Å². The number of halogens is 1. The summed E-state index contributed by atoms with van der Waals surface area (Å²) < 4.78 is 5.60. The lowest BCUT2D eigenvalue weighted by atomic mass is 10.2. The average molecular weight is 379 g/mol. The number of hydrogen-bond acceptors (Lipinski definition) is 3. The number of benzene rings is 2. The molecule has 1 aliphatic rings. The smallest absolute Gasteiger partial charge is 0.170 e. The summed E-state index contributed by atoms with van der Waals surface area (Å²) in [4.78, 5) is 2.24. The van der Waals surface area contributed by atoms with Gasteiger partial charge in [-0.05, 0) is 55.4 Å². The van der Waals surface area contributed by atoms with E-state index >= 15 is 0 Å². The molecule has 2 N–H and O–H groups in total. The molecule has 6 heteroatoms. The van der Waals surface area contributed by atoms with Crippen molar-refractivity contribution >= 4 is 46.4 Å². The van der Waals surface area contributed by atoms with Gasteiger partial charge in [0.15, 0.2) is 5.11 Å². The van der Waals surface area contributed by atoms with Crippen molar-refractivity contribution in [3.05, 3.63) is 53.6 Å². The Morgan fingerprint density at radius 1 is 1.25 bits per heavy atom. The first-order valence-corrected chi connectivity index (χ1v) is 9.50. The normalized spacial score (nSPS) is 16.8. The Balaban J connectivity index is 1.64. The quantitative estimate of drug-likeness (QED) is 0.719. The van der Waals surface area contributed by atoms with Crippen LogP contribution in [0.25, 0.3) is 0 Å². The fourth-order valence-electron chi connectivity index (χ4n) is 2.48. The van der Waals surface area contributed by atoms with Crippen molar-refractivity contribution in [2.45, 2.75) is 28.7 Å². The van der Waals surface area contributed by atoms with Gasteiger partial charge >= 0.3 is 0 Å². The van der Waals surface area contributed by atoms with Crippen molar-refractivity contribution < 1.29 is 4.74 Å². The molecule has 1 atom stereocenters. The van der Waals surface area contributed by atoms with Crippen molar-refractivity contribution in [3.8, 4) is 0 Å². The molecule has 1 aliphatic heterocycles. The summed E-state index contributed by atoms with van der Waals surface area (Å²) in [7, 11) is 0. The molecule has 0 saturated carbocycles. The molecule has 0 aromatic heterocycles. The molecule has 1 heterocycles. The van der Waals surface area contributed by atoms with Crippen LogP contribution in [0.1, 0.15) is 12.8 Å². The number of thiocarbonyl (C=S) groups is 1. The molecule has 1 fully saturated rings. The van der Waals surface area contributed by atoms with Crippen LogP contribution < -0.4 is 10.6 Å². The summed E-state index contributed by atoms with van der Waals surface area (Å²) in [6.07, 6.45) is 2.46. The Morgan fingerprint density at radius 3 is 2.83 bits per heavy atom. The molecule has 2 aromatic carbocycles. The summed E-state index contributed by atoms with van der Waals surface area (Å²) in [6.45, 7) is 1.58. The summed E-state index contributed by atoms with van der Waals surface area (Å²) in [5, 5.41) is 7.75. The molecule has 3 rings (SSSR count). The van der Waals surface area contributed by atoms with Crippen LogP contribution in [0.15, 0.2) is 58.3 Å². The van der Waals surface area contributed by atoms with Crippen LogP contribution in [0.4, 0.5) is 5.69 Å². The third-order valence-electron chi connectivity index (χ3n) is 3.68. The molecule has 0 aliphatic carbocycles. The van der Waals surface area contributed by atoms with E-state index in [2.05, 4.69) is 22.8 Å². The third kappa shape index (κ3) is 5.11. The molecule has 2 aromatic rings. The SMILES string of the molecule is S=C(NC[C@H]1CCCO1)Nc1cc(Cl)ccc1Sc1ccccc1. The van der Waals surface area contributed by atoms with Crippen molar-refractivity contribution in [1.29, 1.82) is 0 Å². The highest BCUT2D eigenvalue weighted by molar-refractivity contribution is 7.99. The molecule has 0 radical (unpaired) electrons. The monoisotopic (exact) mass is 378 g/mol. The minimum atomic E-state index is 0.252. The van der Waals surface area contributed by atoms with Crippen LogP contribution in [0.3, 0.4) is 0 Å². The zero-order valence-electron chi connectivity index (χ0n) is 13.1. The largest absolute Gasteiger partial charge is 0.376 e. The number of ether oxygens (including phenoxy) is 1. The molecule has 0 spiro atoms. The molecular formula is C18H19ClN2OS2. The van der Waals surface area contributed by atoms with E-state index in [0.717, 1.165) is 36.6 Å². The van der Waals surface area contributed by atoms with E-state index in [9.17, 15) is 0 Å². The topological polar surface area (TPSA) is 33.3 Å². The second-order valence-corrected chi connectivity index (χ2v) is 7.49. The number of nitrogens with one attached hydrogen (secondary N) is 2. The summed E-state index contributed by atoms with van der Waals surface area (Å²) in [5.74, 6) is 0. The van der Waals surface area contributed by atoms with Gasteiger partial charge in [0.25, 0.3) is 0 Å². The van der Waals surface area contributed by atoms with Crippen molar-refractivity contribution in [2.24, 2.45) is 0 Å². The molecule has 0 bridgehead atoms. The first-order chi connectivity index (χ1) is 11.7. The first kappa shape index (κ1) is 17.5. The lowest BCUT2D eigenvalue weighted by Gasteiger charge is -2.16. The molecule has 24 heavy (non-hydrogen) atoms. The average Bonchev–Trinajstić information content (AvgIpc) is 3.10. The summed E-state index contributed by atoms with van der Waals surface area (Å²) >= 11 is 13.2. The van der Waals surface area contributed by atoms with Gasteiger partial charge in [0.1, 0.15) is 0 Å². The van der Waals surface area contributed by atoms with Crippen LogP contribution in [-0.2, 0) is 4.74 Å². The second-order valence-electron chi connectivity index (χ2n) is 5.53. The van der Waals surface area contributed by atoms with Gasteiger partial charge in [0.05, 0.1) is 11.8 Å². The lowest BCUT2D eigenvalue weighted by molar-refractivity contribution is 0.114. The number of anilines is 1. The molecular weight excluding hydrogens is 360 g/mol. The Bertz CT molecular complexity index is 691. The van der Waals surface area contributed by atoms with Crippen LogP contribution in [0.5, 0.6) is 0 Å². The van der Waals surface area contributed by atoms with Crippen LogP contribution in [0.2, 0.25) is 5.02 Å². The summed E-state index contributed by atoms with van der Waals surface area (Å²) in [6, 6.07) is 16.0. The van der Waals surface area contributed by atoms with Gasteiger partial charge in [-0.3, -0.25) is 0 Å². The van der Waals surface area contributed by atoms with Gasteiger partial charge in [0, 0.05) is 28.0 Å². The summed E-state index contributed by atoms with van der Waals surface area (Å²) in [5.41, 5.74) is 0.904. The van der Waals surface area contributed by atoms with Gasteiger partial charge in [-0.25, -0.2) is 0 Å². The minimum absolute atomic E-state index is 0.252. The lowest BCUT2D eigenvalue weighted by Crippen LogP contribution is -2.34. The maximum atomic E-state index is 6.15. The van der Waals surface area contributed by atoms with Gasteiger partial charge in [-0.2, -0.15) is 0 Å². The standard InChI is InChI=1S/C18H19ClN2OS2/c19-13-8-9-17(24-15-6-2-1-3-7-15)16(11-13)21-18(23)20-12-14-5-4-10-22-14/h1-3,6-9,11,14H,4-5,10,12H2,(H2,20,21,23)/t14-/m1/s1. The Labute approximate surface area is 157 Å². The maximum Gasteiger partial charge on any atom is 0.170 e. The van der Waals surface area contributed by atoms with Gasteiger partial charge in [-0.15, -0.1) is 0 Å². The fourth-order valence-corrected chi connectivity index (χ4v) is 3.75. The Morgan fingerprint density at radius 2 is 2.08 bits per heavy atom. The van der Waals surface area contributed by atoms with E-state index in [1.54, 1.807) is 11.8 Å². The fraction of sp³-hybridized carbons (Fsp3) is 0.278.